The fourth-order valence-corrected chi connectivity index (χ4v) is 3.30. The third kappa shape index (κ3) is 3.24. The minimum atomic E-state index is -0.375. The Morgan fingerprint density at radius 2 is 2.10 bits per heavy atom. The first-order valence-corrected chi connectivity index (χ1v) is 8.02. The number of hydrogen-bond donors (Lipinski definition) is 1. The van der Waals surface area contributed by atoms with Crippen molar-refractivity contribution in [2.45, 2.75) is 39.0 Å². The van der Waals surface area contributed by atoms with E-state index in [0.29, 0.717) is 6.42 Å². The second-order valence-electron chi connectivity index (χ2n) is 5.74. The van der Waals surface area contributed by atoms with Gasteiger partial charge in [-0.25, -0.2) is 0 Å². The van der Waals surface area contributed by atoms with E-state index in [1.807, 2.05) is 11.6 Å². The summed E-state index contributed by atoms with van der Waals surface area (Å²) in [5.74, 6) is 0. The highest BCUT2D eigenvalue weighted by atomic mass is 79.9. The van der Waals surface area contributed by atoms with Crippen molar-refractivity contribution in [3.05, 3.63) is 15.9 Å². The largest absolute Gasteiger partial charge is 0.391 e. The summed E-state index contributed by atoms with van der Waals surface area (Å²) in [6.07, 6.45) is 0.262. The molecule has 2 atom stereocenters. The molecule has 0 saturated carbocycles. The molecule has 1 aliphatic rings. The molecule has 2 unspecified atom stereocenters. The smallest absolute Gasteiger partial charge is 0.0763 e. The Balaban J connectivity index is 2.12. The van der Waals surface area contributed by atoms with E-state index >= 15 is 0 Å². The van der Waals surface area contributed by atoms with Crippen LogP contribution in [-0.2, 0) is 13.0 Å². The first kappa shape index (κ1) is 15.9. The first-order chi connectivity index (χ1) is 9.43. The van der Waals surface area contributed by atoms with E-state index in [9.17, 15) is 5.11 Å². The number of aliphatic hydroxyl groups excluding tert-OH is 1. The number of hydrogen-bond acceptors (Lipinski definition) is 4. The van der Waals surface area contributed by atoms with Crippen LogP contribution < -0.4 is 0 Å². The van der Waals surface area contributed by atoms with E-state index < -0.39 is 0 Å². The quantitative estimate of drug-likeness (QED) is 0.889. The summed E-state index contributed by atoms with van der Waals surface area (Å²) in [5.41, 5.74) is 2.09. The van der Waals surface area contributed by atoms with Crippen molar-refractivity contribution in [1.29, 1.82) is 0 Å². The summed E-state index contributed by atoms with van der Waals surface area (Å²) >= 11 is 3.60. The van der Waals surface area contributed by atoms with Crippen molar-refractivity contribution in [1.82, 2.24) is 19.6 Å². The second-order valence-corrected chi connectivity index (χ2v) is 6.54. The molecule has 6 heteroatoms. The number of halogens is 1. The van der Waals surface area contributed by atoms with Gasteiger partial charge in [-0.15, -0.1) is 0 Å². The number of piperazine rings is 1. The van der Waals surface area contributed by atoms with E-state index in [-0.39, 0.29) is 12.1 Å². The van der Waals surface area contributed by atoms with E-state index in [2.05, 4.69) is 51.8 Å². The first-order valence-electron chi connectivity index (χ1n) is 7.22. The van der Waals surface area contributed by atoms with Gasteiger partial charge in [0.25, 0.3) is 0 Å². The zero-order valence-electron chi connectivity index (χ0n) is 12.8. The van der Waals surface area contributed by atoms with Crippen LogP contribution >= 0.6 is 15.9 Å². The van der Waals surface area contributed by atoms with Crippen molar-refractivity contribution in [2.75, 3.05) is 33.7 Å². The second kappa shape index (κ2) is 6.56. The summed E-state index contributed by atoms with van der Waals surface area (Å²) in [6.45, 7) is 7.88. The monoisotopic (exact) mass is 344 g/mol. The minimum Gasteiger partial charge on any atom is -0.391 e. The normalized spacial score (nSPS) is 23.2. The van der Waals surface area contributed by atoms with Gasteiger partial charge in [0.05, 0.1) is 22.0 Å². The lowest BCUT2D eigenvalue weighted by Gasteiger charge is -2.40. The highest BCUT2D eigenvalue weighted by Gasteiger charge is 2.30. The summed E-state index contributed by atoms with van der Waals surface area (Å²) in [4.78, 5) is 4.55. The molecular weight excluding hydrogens is 320 g/mol. The summed E-state index contributed by atoms with van der Waals surface area (Å²) in [6, 6.07) is 0.182. The Morgan fingerprint density at radius 1 is 1.40 bits per heavy atom. The fourth-order valence-electron chi connectivity index (χ4n) is 2.86. The van der Waals surface area contributed by atoms with E-state index in [1.165, 1.54) is 0 Å². The maximum atomic E-state index is 10.6. The molecule has 2 rings (SSSR count). The zero-order valence-corrected chi connectivity index (χ0v) is 14.4. The lowest BCUT2D eigenvalue weighted by atomic mass is 10.0. The van der Waals surface area contributed by atoms with Gasteiger partial charge >= 0.3 is 0 Å². The molecule has 20 heavy (non-hydrogen) atoms. The molecule has 0 amide bonds. The van der Waals surface area contributed by atoms with Crippen LogP contribution in [0.25, 0.3) is 0 Å². The average molecular weight is 345 g/mol. The molecule has 114 valence electrons. The molecule has 1 fully saturated rings. The molecule has 0 aromatic carbocycles. The van der Waals surface area contributed by atoms with E-state index in [4.69, 9.17) is 0 Å². The van der Waals surface area contributed by atoms with Crippen LogP contribution in [0.4, 0.5) is 0 Å². The van der Waals surface area contributed by atoms with Gasteiger partial charge in [-0.05, 0) is 43.9 Å². The van der Waals surface area contributed by atoms with E-state index in [0.717, 1.165) is 42.0 Å². The van der Waals surface area contributed by atoms with Crippen LogP contribution in [0.15, 0.2) is 4.47 Å². The molecule has 1 aliphatic heterocycles. The molecular formula is C14H25BrN4O. The lowest BCUT2D eigenvalue weighted by Crippen LogP contribution is -2.55. The predicted molar refractivity (Wildman–Crippen MR) is 84.0 cm³/mol. The topological polar surface area (TPSA) is 44.5 Å². The Morgan fingerprint density at radius 3 is 2.75 bits per heavy atom. The third-order valence-corrected chi connectivity index (χ3v) is 5.23. The van der Waals surface area contributed by atoms with Crippen LogP contribution in [0.3, 0.4) is 0 Å². The SMILES string of the molecule is CCn1nc(C)c(Br)c1CC(O)C1CN(C)CCN1C. The number of nitrogens with zero attached hydrogens (tertiary/aromatic N) is 4. The molecule has 0 aliphatic carbocycles. The Hall–Kier alpha value is -0.430. The van der Waals surface area contributed by atoms with Crippen LogP contribution in [0, 0.1) is 6.92 Å². The zero-order chi connectivity index (χ0) is 14.9. The van der Waals surface area contributed by atoms with Crippen molar-refractivity contribution < 1.29 is 5.11 Å². The van der Waals surface area contributed by atoms with Crippen LogP contribution in [-0.4, -0.2) is 70.6 Å². The fraction of sp³-hybridized carbons (Fsp3) is 0.786. The van der Waals surface area contributed by atoms with Gasteiger partial charge in [-0.3, -0.25) is 9.58 Å². The molecule has 2 heterocycles. The molecule has 0 spiro atoms. The van der Waals surface area contributed by atoms with Crippen LogP contribution in [0.2, 0.25) is 0 Å². The molecule has 1 saturated heterocycles. The van der Waals surface area contributed by atoms with Gasteiger partial charge in [0, 0.05) is 38.6 Å². The molecule has 1 aromatic heterocycles. The lowest BCUT2D eigenvalue weighted by molar-refractivity contribution is 0.0143. The number of rotatable bonds is 4. The van der Waals surface area contributed by atoms with Crippen molar-refractivity contribution in [3.8, 4) is 0 Å². The number of aliphatic hydroxyl groups is 1. The number of likely N-dealkylation sites (N-methyl/N-ethyl adjacent to an activating group) is 2. The molecule has 1 aromatic rings. The minimum absolute atomic E-state index is 0.182. The number of aryl methyl sites for hydroxylation is 2. The van der Waals surface area contributed by atoms with Gasteiger partial charge in [-0.2, -0.15) is 5.10 Å². The maximum Gasteiger partial charge on any atom is 0.0763 e. The Labute approximate surface area is 129 Å². The summed E-state index contributed by atoms with van der Waals surface area (Å²) in [5, 5.41) is 15.1. The molecule has 5 nitrogen and oxygen atoms in total. The molecule has 0 radical (unpaired) electrons. The third-order valence-electron chi connectivity index (χ3n) is 4.20. The Kier molecular flexibility index (Phi) is 5.23. The van der Waals surface area contributed by atoms with Crippen LogP contribution in [0.1, 0.15) is 18.3 Å². The van der Waals surface area contributed by atoms with Gasteiger partial charge in [0.15, 0.2) is 0 Å². The highest BCUT2D eigenvalue weighted by molar-refractivity contribution is 9.10. The van der Waals surface area contributed by atoms with Gasteiger partial charge in [0.1, 0.15) is 0 Å². The molecule has 0 bridgehead atoms. The maximum absolute atomic E-state index is 10.6. The summed E-state index contributed by atoms with van der Waals surface area (Å²) < 4.78 is 3.01. The number of aromatic nitrogens is 2. The average Bonchev–Trinajstić information content (AvgIpc) is 2.69. The highest BCUT2D eigenvalue weighted by Crippen LogP contribution is 2.24. The van der Waals surface area contributed by atoms with Gasteiger partial charge < -0.3 is 10.0 Å². The van der Waals surface area contributed by atoms with Gasteiger partial charge in [0.2, 0.25) is 0 Å². The Bertz CT molecular complexity index is 462. The standard InChI is InChI=1S/C14H25BrN4O/c1-5-19-11(14(15)10(2)16-19)8-13(20)12-9-17(3)6-7-18(12)4/h12-13,20H,5-9H2,1-4H3. The van der Waals surface area contributed by atoms with E-state index in [1.54, 1.807) is 0 Å². The summed E-state index contributed by atoms with van der Waals surface area (Å²) in [7, 11) is 4.21. The van der Waals surface area contributed by atoms with Gasteiger partial charge in [-0.1, -0.05) is 0 Å². The van der Waals surface area contributed by atoms with Crippen LogP contribution in [0.5, 0.6) is 0 Å². The van der Waals surface area contributed by atoms with Crippen molar-refractivity contribution >= 4 is 15.9 Å². The molecule has 1 N–H and O–H groups in total. The predicted octanol–water partition coefficient (Wildman–Crippen LogP) is 1.12. The van der Waals surface area contributed by atoms with Crippen molar-refractivity contribution in [3.63, 3.8) is 0 Å². The van der Waals surface area contributed by atoms with Crippen molar-refractivity contribution in [2.24, 2.45) is 0 Å².